The third kappa shape index (κ3) is 2.69. The van der Waals surface area contributed by atoms with E-state index < -0.39 is 0 Å². The fourth-order valence-corrected chi connectivity index (χ4v) is 3.61. The van der Waals surface area contributed by atoms with Crippen molar-refractivity contribution in [3.05, 3.63) is 51.7 Å². The number of H-pyrrole nitrogens is 1. The second-order valence-corrected chi connectivity index (χ2v) is 6.61. The van der Waals surface area contributed by atoms with Crippen molar-refractivity contribution in [2.45, 2.75) is 37.6 Å². The second-order valence-electron chi connectivity index (χ2n) is 6.61. The Labute approximate surface area is 133 Å². The Bertz CT molecular complexity index is 807. The van der Waals surface area contributed by atoms with Crippen molar-refractivity contribution >= 4 is 5.91 Å². The highest BCUT2D eigenvalue weighted by Gasteiger charge is 2.45. The number of pyridine rings is 1. The molecule has 120 valence electrons. The highest BCUT2D eigenvalue weighted by Crippen LogP contribution is 2.47. The summed E-state index contributed by atoms with van der Waals surface area (Å²) in [5, 5.41) is 7.35. The van der Waals surface area contributed by atoms with Crippen LogP contribution in [0.1, 0.15) is 48.0 Å². The monoisotopic (exact) mass is 312 g/mol. The van der Waals surface area contributed by atoms with Gasteiger partial charge in [0.05, 0.1) is 12.2 Å². The normalized spacial score (nSPS) is 25.7. The number of aromatic nitrogens is 3. The van der Waals surface area contributed by atoms with E-state index in [0.717, 1.165) is 42.5 Å². The van der Waals surface area contributed by atoms with Gasteiger partial charge in [0.2, 0.25) is 11.5 Å². The molecule has 23 heavy (non-hydrogen) atoms. The van der Waals surface area contributed by atoms with Gasteiger partial charge < -0.3 is 10.3 Å². The molecule has 0 aromatic carbocycles. The molecule has 2 heterocycles. The standard InChI is InChI=1S/C17H20N4O2/c1-21-9-10(8-18-21)12-7-13(12)17(23)20-15-4-2-3-14-11(15)5-6-16(22)19-14/h5-6,8-9,12-13,15H,2-4,7H2,1H3,(H,19,22)(H,20,23)/t12-,13-,15+/m0/s1. The predicted molar refractivity (Wildman–Crippen MR) is 84.9 cm³/mol. The first-order valence-corrected chi connectivity index (χ1v) is 8.13. The molecule has 2 aromatic rings. The molecule has 1 fully saturated rings. The van der Waals surface area contributed by atoms with Crippen LogP contribution in [-0.2, 0) is 18.3 Å². The van der Waals surface area contributed by atoms with Crippen LogP contribution >= 0.6 is 0 Å². The Morgan fingerprint density at radius 2 is 2.30 bits per heavy atom. The molecule has 6 nitrogen and oxygen atoms in total. The molecule has 0 unspecified atom stereocenters. The molecule has 3 atom stereocenters. The molecule has 2 aliphatic rings. The first-order valence-electron chi connectivity index (χ1n) is 8.13. The summed E-state index contributed by atoms with van der Waals surface area (Å²) in [5.74, 6) is 0.456. The minimum atomic E-state index is -0.0745. The maximum absolute atomic E-state index is 12.5. The third-order valence-corrected chi connectivity index (χ3v) is 4.93. The fraction of sp³-hybridized carbons (Fsp3) is 0.471. The van der Waals surface area contributed by atoms with E-state index in [1.807, 2.05) is 25.5 Å². The summed E-state index contributed by atoms with van der Waals surface area (Å²) >= 11 is 0. The Morgan fingerprint density at radius 1 is 1.43 bits per heavy atom. The lowest BCUT2D eigenvalue weighted by molar-refractivity contribution is -0.123. The van der Waals surface area contributed by atoms with Gasteiger partial charge in [-0.2, -0.15) is 5.10 Å². The first kappa shape index (κ1) is 14.2. The average Bonchev–Trinajstić information content (AvgIpc) is 3.22. The lowest BCUT2D eigenvalue weighted by Crippen LogP contribution is -2.33. The number of fused-ring (bicyclic) bond motifs is 1. The van der Waals surface area contributed by atoms with Gasteiger partial charge in [-0.3, -0.25) is 14.3 Å². The van der Waals surface area contributed by atoms with Crippen LogP contribution in [0.15, 0.2) is 29.3 Å². The van der Waals surface area contributed by atoms with E-state index in [2.05, 4.69) is 15.4 Å². The second kappa shape index (κ2) is 5.37. The zero-order valence-electron chi connectivity index (χ0n) is 13.1. The number of aryl methyl sites for hydroxylation is 2. The number of nitrogens with zero attached hydrogens (tertiary/aromatic N) is 2. The van der Waals surface area contributed by atoms with E-state index in [-0.39, 0.29) is 23.4 Å². The van der Waals surface area contributed by atoms with Gasteiger partial charge in [-0.25, -0.2) is 0 Å². The van der Waals surface area contributed by atoms with Gasteiger partial charge in [0.1, 0.15) is 0 Å². The number of aromatic amines is 1. The van der Waals surface area contributed by atoms with Crippen molar-refractivity contribution in [2.24, 2.45) is 13.0 Å². The van der Waals surface area contributed by atoms with Crippen LogP contribution in [0.4, 0.5) is 0 Å². The molecule has 0 bridgehead atoms. The number of rotatable bonds is 3. The van der Waals surface area contributed by atoms with Crippen molar-refractivity contribution in [2.75, 3.05) is 0 Å². The summed E-state index contributed by atoms with van der Waals surface area (Å²) < 4.78 is 1.77. The number of nitrogens with one attached hydrogen (secondary N) is 2. The minimum absolute atomic E-state index is 0.0123. The van der Waals surface area contributed by atoms with E-state index >= 15 is 0 Å². The van der Waals surface area contributed by atoms with E-state index in [1.165, 1.54) is 0 Å². The Kier molecular flexibility index (Phi) is 3.32. The Morgan fingerprint density at radius 3 is 3.09 bits per heavy atom. The van der Waals surface area contributed by atoms with E-state index in [0.29, 0.717) is 5.92 Å². The number of hydrogen-bond acceptors (Lipinski definition) is 3. The van der Waals surface area contributed by atoms with Crippen LogP contribution in [0.25, 0.3) is 0 Å². The van der Waals surface area contributed by atoms with Crippen LogP contribution in [0.3, 0.4) is 0 Å². The topological polar surface area (TPSA) is 79.8 Å². The largest absolute Gasteiger partial charge is 0.349 e. The van der Waals surface area contributed by atoms with Crippen LogP contribution < -0.4 is 10.9 Å². The fourth-order valence-electron chi connectivity index (χ4n) is 3.61. The maximum Gasteiger partial charge on any atom is 0.248 e. The van der Waals surface area contributed by atoms with Gasteiger partial charge >= 0.3 is 0 Å². The van der Waals surface area contributed by atoms with Gasteiger partial charge in [0.15, 0.2) is 0 Å². The van der Waals surface area contributed by atoms with Crippen molar-refractivity contribution in [1.82, 2.24) is 20.1 Å². The van der Waals surface area contributed by atoms with E-state index in [1.54, 1.807) is 10.7 Å². The highest BCUT2D eigenvalue weighted by atomic mass is 16.2. The maximum atomic E-state index is 12.5. The first-order chi connectivity index (χ1) is 11.1. The number of amides is 1. The minimum Gasteiger partial charge on any atom is -0.349 e. The molecule has 0 spiro atoms. The molecule has 2 N–H and O–H groups in total. The van der Waals surface area contributed by atoms with Crippen LogP contribution in [-0.4, -0.2) is 20.7 Å². The van der Waals surface area contributed by atoms with Gasteiger partial charge in [-0.15, -0.1) is 0 Å². The zero-order valence-corrected chi connectivity index (χ0v) is 13.1. The summed E-state index contributed by atoms with van der Waals surface area (Å²) in [7, 11) is 1.89. The quantitative estimate of drug-likeness (QED) is 0.899. The van der Waals surface area contributed by atoms with Crippen molar-refractivity contribution < 1.29 is 4.79 Å². The van der Waals surface area contributed by atoms with Crippen LogP contribution in [0.5, 0.6) is 0 Å². The molecule has 1 amide bonds. The number of carbonyl (C=O) groups excluding carboxylic acids is 1. The molecule has 6 heteroatoms. The van der Waals surface area contributed by atoms with E-state index in [4.69, 9.17) is 0 Å². The van der Waals surface area contributed by atoms with Crippen LogP contribution in [0.2, 0.25) is 0 Å². The molecule has 2 aliphatic carbocycles. The smallest absolute Gasteiger partial charge is 0.248 e. The molecule has 0 aliphatic heterocycles. The van der Waals surface area contributed by atoms with Gasteiger partial charge in [-0.1, -0.05) is 0 Å². The molecule has 4 rings (SSSR count). The van der Waals surface area contributed by atoms with E-state index in [9.17, 15) is 9.59 Å². The average molecular weight is 312 g/mol. The number of carbonyl (C=O) groups is 1. The third-order valence-electron chi connectivity index (χ3n) is 4.93. The zero-order chi connectivity index (χ0) is 16.0. The predicted octanol–water partition coefficient (Wildman–Crippen LogP) is 1.41. The van der Waals surface area contributed by atoms with Gasteiger partial charge in [0.25, 0.3) is 0 Å². The summed E-state index contributed by atoms with van der Waals surface area (Å²) in [6.45, 7) is 0. The molecule has 0 saturated heterocycles. The summed E-state index contributed by atoms with van der Waals surface area (Å²) in [6.07, 6.45) is 7.50. The van der Waals surface area contributed by atoms with Crippen LogP contribution in [0, 0.1) is 5.92 Å². The summed E-state index contributed by atoms with van der Waals surface area (Å²) in [5.41, 5.74) is 3.09. The lowest BCUT2D eigenvalue weighted by Gasteiger charge is -2.26. The molecule has 1 saturated carbocycles. The van der Waals surface area contributed by atoms with Crippen molar-refractivity contribution in [3.63, 3.8) is 0 Å². The molecular formula is C17H20N4O2. The Hall–Kier alpha value is -2.37. The van der Waals surface area contributed by atoms with Gasteiger partial charge in [-0.05, 0) is 48.8 Å². The lowest BCUT2D eigenvalue weighted by atomic mass is 9.91. The summed E-state index contributed by atoms with van der Waals surface area (Å²) in [6, 6.07) is 3.40. The highest BCUT2D eigenvalue weighted by molar-refractivity contribution is 5.83. The van der Waals surface area contributed by atoms with Gasteiger partial charge in [0, 0.05) is 30.9 Å². The molecular weight excluding hydrogens is 292 g/mol. The van der Waals surface area contributed by atoms with Crippen molar-refractivity contribution in [1.29, 1.82) is 0 Å². The SMILES string of the molecule is Cn1cc([C@@H]2C[C@@H]2C(=O)N[C@@H]2CCCc3[nH]c(=O)ccc32)cn1. The van der Waals surface area contributed by atoms with Crippen molar-refractivity contribution in [3.8, 4) is 0 Å². The Balaban J connectivity index is 1.46. The molecule has 2 aromatic heterocycles. The number of hydrogen-bond donors (Lipinski definition) is 2. The molecule has 0 radical (unpaired) electrons. The summed E-state index contributed by atoms with van der Waals surface area (Å²) in [4.78, 5) is 26.9.